The van der Waals surface area contributed by atoms with Crippen LogP contribution in [0.4, 0.5) is 11.6 Å². The molecule has 1 atom stereocenters. The summed E-state index contributed by atoms with van der Waals surface area (Å²) in [4.78, 5) is 25.6. The maximum atomic E-state index is 12.4. The highest BCUT2D eigenvalue weighted by Gasteiger charge is 2.33. The van der Waals surface area contributed by atoms with E-state index in [0.717, 1.165) is 16.0 Å². The zero-order chi connectivity index (χ0) is 18.1. The number of nitrogens with one attached hydrogen (secondary N) is 2. The van der Waals surface area contributed by atoms with Gasteiger partial charge in [-0.05, 0) is 17.0 Å². The van der Waals surface area contributed by atoms with Gasteiger partial charge in [0.2, 0.25) is 11.8 Å². The van der Waals surface area contributed by atoms with Crippen LogP contribution in [0.25, 0.3) is 0 Å². The molecule has 0 spiro atoms. The number of fused-ring (bicyclic) bond motifs is 1. The third-order valence-electron chi connectivity index (χ3n) is 4.45. The zero-order valence-electron chi connectivity index (χ0n) is 14.2. The van der Waals surface area contributed by atoms with Crippen LogP contribution in [-0.4, -0.2) is 21.6 Å². The van der Waals surface area contributed by atoms with E-state index in [2.05, 4.69) is 15.7 Å². The number of benzene rings is 1. The summed E-state index contributed by atoms with van der Waals surface area (Å²) in [7, 11) is 1.77. The molecule has 1 unspecified atom stereocenters. The van der Waals surface area contributed by atoms with E-state index in [-0.39, 0.29) is 17.7 Å². The van der Waals surface area contributed by atoms with Crippen molar-refractivity contribution in [3.63, 3.8) is 0 Å². The molecule has 1 aliphatic rings. The van der Waals surface area contributed by atoms with Crippen molar-refractivity contribution in [1.29, 1.82) is 0 Å². The number of aromatic nitrogens is 2. The molecule has 2 N–H and O–H groups in total. The Balaban J connectivity index is 1.68. The Morgan fingerprint density at radius 1 is 1.31 bits per heavy atom. The molecule has 0 fully saturated rings. The third kappa shape index (κ3) is 3.13. The highest BCUT2D eigenvalue weighted by Crippen LogP contribution is 2.41. The molecule has 2 amide bonds. The zero-order valence-corrected chi connectivity index (χ0v) is 15.0. The van der Waals surface area contributed by atoms with Gasteiger partial charge < -0.3 is 10.6 Å². The molecule has 26 heavy (non-hydrogen) atoms. The summed E-state index contributed by atoms with van der Waals surface area (Å²) < 4.78 is 1.61. The van der Waals surface area contributed by atoms with Gasteiger partial charge >= 0.3 is 0 Å². The topological polar surface area (TPSA) is 76.0 Å². The molecule has 4 rings (SSSR count). The highest BCUT2D eigenvalue weighted by molar-refractivity contribution is 7.10. The average molecular weight is 366 g/mol. The van der Waals surface area contributed by atoms with Gasteiger partial charge in [-0.3, -0.25) is 14.3 Å². The molecule has 132 valence electrons. The molecular formula is C19H18N4O2S. The van der Waals surface area contributed by atoms with Gasteiger partial charge in [-0.1, -0.05) is 36.4 Å². The van der Waals surface area contributed by atoms with Crippen LogP contribution in [-0.2, 0) is 23.1 Å². The van der Waals surface area contributed by atoms with Gasteiger partial charge in [0.05, 0.1) is 6.42 Å². The van der Waals surface area contributed by atoms with E-state index >= 15 is 0 Å². The number of carbonyl (C=O) groups is 2. The first-order valence-electron chi connectivity index (χ1n) is 8.35. The highest BCUT2D eigenvalue weighted by atomic mass is 32.1. The normalized spacial score (nSPS) is 16.0. The predicted molar refractivity (Wildman–Crippen MR) is 101 cm³/mol. The monoisotopic (exact) mass is 366 g/mol. The fourth-order valence-corrected chi connectivity index (χ4v) is 4.00. The molecule has 1 aromatic carbocycles. The Bertz CT molecular complexity index is 948. The summed E-state index contributed by atoms with van der Waals surface area (Å²) in [5.41, 5.74) is 1.89. The van der Waals surface area contributed by atoms with Crippen molar-refractivity contribution in [2.24, 2.45) is 7.05 Å². The van der Waals surface area contributed by atoms with Gasteiger partial charge in [0.1, 0.15) is 5.82 Å². The minimum atomic E-state index is -0.134. The number of hydrogen-bond donors (Lipinski definition) is 2. The van der Waals surface area contributed by atoms with Crippen molar-refractivity contribution in [2.45, 2.75) is 18.8 Å². The van der Waals surface area contributed by atoms with Crippen LogP contribution < -0.4 is 10.6 Å². The quantitative estimate of drug-likeness (QED) is 0.745. The molecule has 1 aliphatic heterocycles. The van der Waals surface area contributed by atoms with Crippen molar-refractivity contribution in [1.82, 2.24) is 9.78 Å². The number of aryl methyl sites for hydroxylation is 1. The number of anilines is 2. The Hall–Kier alpha value is -2.93. The third-order valence-corrected chi connectivity index (χ3v) is 5.33. The van der Waals surface area contributed by atoms with E-state index in [0.29, 0.717) is 24.5 Å². The second kappa shape index (κ2) is 6.76. The number of thiophene rings is 1. The summed E-state index contributed by atoms with van der Waals surface area (Å²) in [6, 6.07) is 13.7. The number of nitrogens with zero attached hydrogens (tertiary/aromatic N) is 2. The van der Waals surface area contributed by atoms with Crippen molar-refractivity contribution < 1.29 is 9.59 Å². The van der Waals surface area contributed by atoms with Crippen LogP contribution in [0.2, 0.25) is 0 Å². The molecule has 0 bridgehead atoms. The van der Waals surface area contributed by atoms with Crippen LogP contribution >= 0.6 is 11.3 Å². The van der Waals surface area contributed by atoms with Crippen LogP contribution in [0.1, 0.15) is 28.3 Å². The average Bonchev–Trinajstić information content (AvgIpc) is 3.24. The molecule has 2 aromatic heterocycles. The van der Waals surface area contributed by atoms with Gasteiger partial charge in [0.15, 0.2) is 5.82 Å². The minimum absolute atomic E-state index is 0.0502. The largest absolute Gasteiger partial charge is 0.311 e. The van der Waals surface area contributed by atoms with Crippen LogP contribution in [0.15, 0.2) is 47.8 Å². The molecule has 0 radical (unpaired) electrons. The Labute approximate surface area is 154 Å². The molecule has 3 heterocycles. The molecule has 7 heteroatoms. The molecule has 6 nitrogen and oxygen atoms in total. The standard InChI is InChI=1S/C19H18N4O2S/c1-23-19-17(14(11-16(25)21-19)12-6-3-2-4-7-12)18(22-23)20-15(24)10-13-8-5-9-26-13/h2-9,14H,10-11H2,1H3,(H,21,25)(H,20,22,24). The number of carbonyl (C=O) groups excluding carboxylic acids is 2. The molecule has 0 aliphatic carbocycles. The molecular weight excluding hydrogens is 348 g/mol. The fourth-order valence-electron chi connectivity index (χ4n) is 3.30. The maximum Gasteiger partial charge on any atom is 0.230 e. The lowest BCUT2D eigenvalue weighted by Gasteiger charge is -2.24. The minimum Gasteiger partial charge on any atom is -0.311 e. The lowest BCUT2D eigenvalue weighted by atomic mass is 9.86. The van der Waals surface area contributed by atoms with Crippen molar-refractivity contribution >= 4 is 34.8 Å². The van der Waals surface area contributed by atoms with Crippen LogP contribution in [0, 0.1) is 0 Å². The van der Waals surface area contributed by atoms with E-state index in [1.54, 1.807) is 23.1 Å². The lowest BCUT2D eigenvalue weighted by Crippen LogP contribution is -2.25. The molecule has 0 saturated heterocycles. The van der Waals surface area contributed by atoms with Gasteiger partial charge in [-0.15, -0.1) is 11.3 Å². The first-order chi connectivity index (χ1) is 12.6. The Morgan fingerprint density at radius 3 is 2.85 bits per heavy atom. The van der Waals surface area contributed by atoms with Crippen molar-refractivity contribution in [2.75, 3.05) is 10.6 Å². The van der Waals surface area contributed by atoms with Crippen LogP contribution in [0.3, 0.4) is 0 Å². The van der Waals surface area contributed by atoms with Gasteiger partial charge in [-0.2, -0.15) is 5.10 Å². The van der Waals surface area contributed by atoms with Gasteiger partial charge in [-0.25, -0.2) is 0 Å². The van der Waals surface area contributed by atoms with E-state index in [1.165, 1.54) is 0 Å². The van der Waals surface area contributed by atoms with Crippen molar-refractivity contribution in [3.8, 4) is 0 Å². The van der Waals surface area contributed by atoms with Crippen LogP contribution in [0.5, 0.6) is 0 Å². The summed E-state index contributed by atoms with van der Waals surface area (Å²) in [6.07, 6.45) is 0.641. The maximum absolute atomic E-state index is 12.4. The predicted octanol–water partition coefficient (Wildman–Crippen LogP) is 3.14. The number of rotatable bonds is 4. The van der Waals surface area contributed by atoms with E-state index in [4.69, 9.17) is 0 Å². The second-order valence-electron chi connectivity index (χ2n) is 6.25. The summed E-state index contributed by atoms with van der Waals surface area (Å²) in [6.45, 7) is 0. The first-order valence-corrected chi connectivity index (χ1v) is 9.23. The number of hydrogen-bond acceptors (Lipinski definition) is 4. The summed E-state index contributed by atoms with van der Waals surface area (Å²) in [5, 5.41) is 12.2. The van der Waals surface area contributed by atoms with Gasteiger partial charge in [0, 0.05) is 29.8 Å². The lowest BCUT2D eigenvalue weighted by molar-refractivity contribution is -0.117. The molecule has 0 saturated carbocycles. The second-order valence-corrected chi connectivity index (χ2v) is 7.29. The summed E-state index contributed by atoms with van der Waals surface area (Å²) in [5.74, 6) is 0.855. The molecule has 3 aromatic rings. The van der Waals surface area contributed by atoms with E-state index < -0.39 is 0 Å². The van der Waals surface area contributed by atoms with E-state index in [1.807, 2.05) is 47.8 Å². The van der Waals surface area contributed by atoms with Crippen molar-refractivity contribution in [3.05, 3.63) is 63.8 Å². The first kappa shape index (κ1) is 16.5. The fraction of sp³-hybridized carbons (Fsp3) is 0.211. The smallest absolute Gasteiger partial charge is 0.230 e. The number of amides is 2. The Morgan fingerprint density at radius 2 is 2.12 bits per heavy atom. The SMILES string of the molecule is Cn1nc(NC(=O)Cc2cccs2)c2c1NC(=O)CC2c1ccccc1. The van der Waals surface area contributed by atoms with Gasteiger partial charge in [0.25, 0.3) is 0 Å². The Kier molecular flexibility index (Phi) is 4.30. The summed E-state index contributed by atoms with van der Waals surface area (Å²) >= 11 is 1.55. The van der Waals surface area contributed by atoms with E-state index in [9.17, 15) is 9.59 Å².